The number of hydrogen-bond acceptors (Lipinski definition) is 4. The van der Waals surface area contributed by atoms with E-state index in [1.54, 1.807) is 25.3 Å². The van der Waals surface area contributed by atoms with Crippen LogP contribution in [0.3, 0.4) is 0 Å². The summed E-state index contributed by atoms with van der Waals surface area (Å²) in [6.45, 7) is 2.61. The molecular weight excluding hydrogens is 471 g/mol. The summed E-state index contributed by atoms with van der Waals surface area (Å²) in [6, 6.07) is 12.5. The number of piperidine rings is 1. The van der Waals surface area contributed by atoms with Crippen molar-refractivity contribution >= 4 is 39.1 Å². The van der Waals surface area contributed by atoms with Crippen molar-refractivity contribution in [3.8, 4) is 5.75 Å². The number of benzene rings is 2. The third kappa shape index (κ3) is 5.95. The van der Waals surface area contributed by atoms with Crippen LogP contribution in [0, 0.1) is 5.92 Å². The number of rotatable bonds is 8. The number of nitrogens with zero attached hydrogens (tertiary/aromatic N) is 1. The molecule has 0 unspecified atom stereocenters. The van der Waals surface area contributed by atoms with Gasteiger partial charge < -0.3 is 10.1 Å². The summed E-state index contributed by atoms with van der Waals surface area (Å²) in [6.07, 6.45) is 1.70. The number of ether oxygens (including phenoxy) is 1. The quantitative estimate of drug-likeness (QED) is 0.566. The molecule has 6 nitrogen and oxygen atoms in total. The lowest BCUT2D eigenvalue weighted by Crippen LogP contribution is -2.44. The number of methoxy groups -OCH3 is 1. The largest absolute Gasteiger partial charge is 0.497 e. The first-order valence-electron chi connectivity index (χ1n) is 10.6. The van der Waals surface area contributed by atoms with Crippen LogP contribution in [0.2, 0.25) is 10.0 Å². The molecule has 1 aliphatic heterocycles. The van der Waals surface area contributed by atoms with Gasteiger partial charge in [-0.3, -0.25) is 4.79 Å². The fraction of sp³-hybridized carbons (Fsp3) is 0.435. The van der Waals surface area contributed by atoms with Crippen molar-refractivity contribution < 1.29 is 17.9 Å². The molecule has 2 aromatic carbocycles. The van der Waals surface area contributed by atoms with E-state index < -0.39 is 10.0 Å². The molecule has 0 aliphatic carbocycles. The van der Waals surface area contributed by atoms with Crippen molar-refractivity contribution in [2.45, 2.75) is 38.0 Å². The first-order valence-corrected chi connectivity index (χ1v) is 13.0. The highest BCUT2D eigenvalue weighted by molar-refractivity contribution is 7.88. The van der Waals surface area contributed by atoms with Crippen LogP contribution in [0.1, 0.15) is 43.4 Å². The summed E-state index contributed by atoms with van der Waals surface area (Å²) in [5, 5.41) is 3.78. The van der Waals surface area contributed by atoms with Crippen LogP contribution in [-0.2, 0) is 20.6 Å². The molecule has 1 atom stereocenters. The second-order valence-corrected chi connectivity index (χ2v) is 10.7. The van der Waals surface area contributed by atoms with Crippen molar-refractivity contribution in [2.75, 3.05) is 20.2 Å². The molecule has 1 saturated heterocycles. The van der Waals surface area contributed by atoms with Crippen molar-refractivity contribution in [3.05, 3.63) is 63.6 Å². The molecule has 0 spiro atoms. The Hall–Kier alpha value is -1.80. The smallest absolute Gasteiger partial charge is 0.223 e. The van der Waals surface area contributed by atoms with Gasteiger partial charge in [-0.15, -0.1) is 0 Å². The summed E-state index contributed by atoms with van der Waals surface area (Å²) in [5.41, 5.74) is 1.42. The van der Waals surface area contributed by atoms with Crippen LogP contribution in [0.15, 0.2) is 42.5 Å². The van der Waals surface area contributed by atoms with Crippen molar-refractivity contribution in [1.29, 1.82) is 0 Å². The molecule has 3 rings (SSSR count). The standard InChI is InChI=1S/C23H28Cl2N2O4S/c1-3-22(16-7-9-18(31-2)10-8-16)26-23(28)17-11-13-27(14-12-17)32(29,30)15-19-20(24)5-4-6-21(19)25/h4-10,17,22H,3,11-15H2,1-2H3,(H,26,28)/t22-/m1/s1. The number of carbonyl (C=O) groups is 1. The first-order chi connectivity index (χ1) is 15.2. The second kappa shape index (κ2) is 10.9. The minimum atomic E-state index is -3.59. The van der Waals surface area contributed by atoms with Crippen molar-refractivity contribution in [2.24, 2.45) is 5.92 Å². The maximum atomic E-state index is 12.9. The van der Waals surface area contributed by atoms with Crippen LogP contribution in [-0.4, -0.2) is 38.8 Å². The summed E-state index contributed by atoms with van der Waals surface area (Å²) in [5.74, 6) is 0.246. The van der Waals surface area contributed by atoms with Crippen LogP contribution in [0.5, 0.6) is 5.75 Å². The van der Waals surface area contributed by atoms with Gasteiger partial charge in [0.1, 0.15) is 5.75 Å². The van der Waals surface area contributed by atoms with Gasteiger partial charge in [0.25, 0.3) is 0 Å². The Kier molecular flexibility index (Phi) is 8.44. The predicted octanol–water partition coefficient (Wildman–Crippen LogP) is 4.81. The van der Waals surface area contributed by atoms with Gasteiger partial charge in [0, 0.05) is 34.6 Å². The van der Waals surface area contributed by atoms with Crippen LogP contribution < -0.4 is 10.1 Å². The lowest BCUT2D eigenvalue weighted by molar-refractivity contribution is -0.126. The number of hydrogen-bond donors (Lipinski definition) is 1. The van der Waals surface area contributed by atoms with Gasteiger partial charge in [0.2, 0.25) is 15.9 Å². The number of carbonyl (C=O) groups excluding carboxylic acids is 1. The van der Waals surface area contributed by atoms with Crippen molar-refractivity contribution in [1.82, 2.24) is 9.62 Å². The summed E-state index contributed by atoms with van der Waals surface area (Å²) < 4.78 is 32.4. The van der Waals surface area contributed by atoms with E-state index in [1.807, 2.05) is 31.2 Å². The van der Waals surface area contributed by atoms with Gasteiger partial charge in [-0.25, -0.2) is 12.7 Å². The topological polar surface area (TPSA) is 75.7 Å². The Bertz CT molecular complexity index is 1020. The van der Waals surface area contributed by atoms with E-state index in [4.69, 9.17) is 27.9 Å². The average Bonchev–Trinajstić information content (AvgIpc) is 2.80. The van der Waals surface area contributed by atoms with Gasteiger partial charge in [-0.05, 0) is 49.1 Å². The fourth-order valence-electron chi connectivity index (χ4n) is 3.89. The molecule has 32 heavy (non-hydrogen) atoms. The fourth-order valence-corrected chi connectivity index (χ4v) is 6.20. The maximum absolute atomic E-state index is 12.9. The first kappa shape index (κ1) is 24.8. The van der Waals surface area contributed by atoms with Crippen LogP contribution in [0.4, 0.5) is 0 Å². The summed E-state index contributed by atoms with van der Waals surface area (Å²) >= 11 is 12.3. The third-order valence-corrected chi connectivity index (χ3v) is 8.36. The zero-order valence-electron chi connectivity index (χ0n) is 18.2. The third-order valence-electron chi connectivity index (χ3n) is 5.85. The molecule has 1 fully saturated rings. The molecule has 174 valence electrons. The van der Waals surface area contributed by atoms with E-state index in [-0.39, 0.29) is 23.6 Å². The van der Waals surface area contributed by atoms with Gasteiger partial charge in [-0.2, -0.15) is 0 Å². The number of nitrogens with one attached hydrogen (secondary N) is 1. The van der Waals surface area contributed by atoms with E-state index in [2.05, 4.69) is 5.32 Å². The van der Waals surface area contributed by atoms with E-state index in [1.165, 1.54) is 4.31 Å². The Morgan fingerprint density at radius 1 is 1.12 bits per heavy atom. The van der Waals surface area contributed by atoms with Gasteiger partial charge >= 0.3 is 0 Å². The summed E-state index contributed by atoms with van der Waals surface area (Å²) in [7, 11) is -1.97. The maximum Gasteiger partial charge on any atom is 0.223 e. The SMILES string of the molecule is CC[C@@H](NC(=O)C1CCN(S(=O)(=O)Cc2c(Cl)cccc2Cl)CC1)c1ccc(OC)cc1. The number of halogens is 2. The van der Waals surface area contributed by atoms with Gasteiger partial charge in [0.15, 0.2) is 0 Å². The zero-order valence-corrected chi connectivity index (χ0v) is 20.5. The molecular formula is C23H28Cl2N2O4S. The highest BCUT2D eigenvalue weighted by Crippen LogP contribution is 2.29. The number of amides is 1. The van der Waals surface area contributed by atoms with E-state index in [0.717, 1.165) is 17.7 Å². The van der Waals surface area contributed by atoms with Crippen LogP contribution >= 0.6 is 23.2 Å². The molecule has 0 saturated carbocycles. The Morgan fingerprint density at radius 3 is 2.25 bits per heavy atom. The molecule has 0 bridgehead atoms. The normalized spacial score (nSPS) is 16.5. The van der Waals surface area contributed by atoms with Gasteiger partial charge in [0.05, 0.1) is 18.9 Å². The monoisotopic (exact) mass is 498 g/mol. The highest BCUT2D eigenvalue weighted by Gasteiger charge is 2.32. The summed E-state index contributed by atoms with van der Waals surface area (Å²) in [4.78, 5) is 12.9. The molecule has 9 heteroatoms. The minimum absolute atomic E-state index is 0.0427. The lowest BCUT2D eigenvalue weighted by atomic mass is 9.95. The molecule has 0 radical (unpaired) electrons. The Morgan fingerprint density at radius 2 is 1.72 bits per heavy atom. The van der Waals surface area contributed by atoms with Crippen molar-refractivity contribution in [3.63, 3.8) is 0 Å². The zero-order chi connectivity index (χ0) is 23.3. The van der Waals surface area contributed by atoms with E-state index in [9.17, 15) is 13.2 Å². The molecule has 0 aromatic heterocycles. The van der Waals surface area contributed by atoms with Crippen LogP contribution in [0.25, 0.3) is 0 Å². The highest BCUT2D eigenvalue weighted by atomic mass is 35.5. The minimum Gasteiger partial charge on any atom is -0.497 e. The molecule has 1 heterocycles. The molecule has 1 aliphatic rings. The second-order valence-electron chi connectivity index (χ2n) is 7.87. The molecule has 2 aromatic rings. The molecule has 1 N–H and O–H groups in total. The van der Waals surface area contributed by atoms with E-state index in [0.29, 0.717) is 41.5 Å². The predicted molar refractivity (Wildman–Crippen MR) is 128 cm³/mol. The number of sulfonamides is 1. The Balaban J connectivity index is 1.58. The van der Waals surface area contributed by atoms with Gasteiger partial charge in [-0.1, -0.05) is 48.3 Å². The Labute approximate surface area is 199 Å². The lowest BCUT2D eigenvalue weighted by Gasteiger charge is -2.31. The average molecular weight is 499 g/mol. The van der Waals surface area contributed by atoms with E-state index >= 15 is 0 Å². The molecule has 1 amide bonds.